The Labute approximate surface area is 178 Å². The van der Waals surface area contributed by atoms with E-state index in [2.05, 4.69) is 10.2 Å². The number of carbonyl (C=O) groups is 1. The number of benzene rings is 2. The number of anilines is 2. The summed E-state index contributed by atoms with van der Waals surface area (Å²) >= 11 is 0. The maximum absolute atomic E-state index is 13.0. The zero-order chi connectivity index (χ0) is 21.7. The number of amides is 1. The Morgan fingerprint density at radius 3 is 2.40 bits per heavy atom. The lowest BCUT2D eigenvalue weighted by Gasteiger charge is -2.22. The molecule has 0 saturated carbocycles. The second-order valence-electron chi connectivity index (χ2n) is 7.12. The number of ether oxygens (including phenoxy) is 1. The van der Waals surface area contributed by atoms with E-state index in [1.807, 2.05) is 24.3 Å². The number of methoxy groups -OCH3 is 1. The Kier molecular flexibility index (Phi) is 6.99. The van der Waals surface area contributed by atoms with Crippen LogP contribution >= 0.6 is 0 Å². The van der Waals surface area contributed by atoms with Gasteiger partial charge in [0.1, 0.15) is 10.6 Å². The minimum Gasteiger partial charge on any atom is -0.495 e. The summed E-state index contributed by atoms with van der Waals surface area (Å²) < 4.78 is 32.7. The quantitative estimate of drug-likeness (QED) is 0.691. The van der Waals surface area contributed by atoms with Crippen LogP contribution in [0.25, 0.3) is 0 Å². The van der Waals surface area contributed by atoms with Gasteiger partial charge in [0.15, 0.2) is 0 Å². The summed E-state index contributed by atoms with van der Waals surface area (Å²) in [5.41, 5.74) is 1.96. The van der Waals surface area contributed by atoms with E-state index in [0.29, 0.717) is 18.8 Å². The van der Waals surface area contributed by atoms with E-state index in [1.165, 1.54) is 23.5 Å². The molecule has 2 aromatic rings. The zero-order valence-electron chi connectivity index (χ0n) is 17.7. The number of hydrogen-bond acceptors (Lipinski definition) is 5. The van der Waals surface area contributed by atoms with Crippen molar-refractivity contribution in [2.24, 2.45) is 0 Å². The third-order valence-corrected chi connectivity index (χ3v) is 7.42. The Bertz CT molecular complexity index is 997. The van der Waals surface area contributed by atoms with E-state index >= 15 is 0 Å². The van der Waals surface area contributed by atoms with E-state index in [-0.39, 0.29) is 22.1 Å². The van der Waals surface area contributed by atoms with Crippen LogP contribution in [0, 0.1) is 0 Å². The molecule has 1 fully saturated rings. The fourth-order valence-electron chi connectivity index (χ4n) is 3.73. The highest BCUT2D eigenvalue weighted by Gasteiger charge is 2.27. The first kappa shape index (κ1) is 22.1. The van der Waals surface area contributed by atoms with Crippen molar-refractivity contribution in [1.29, 1.82) is 0 Å². The number of sulfonamides is 1. The van der Waals surface area contributed by atoms with Gasteiger partial charge in [-0.2, -0.15) is 4.31 Å². The largest absolute Gasteiger partial charge is 0.495 e. The number of nitrogens with one attached hydrogen (secondary N) is 1. The lowest BCUT2D eigenvalue weighted by molar-refractivity contribution is 0.102. The third-order valence-electron chi connectivity index (χ3n) is 5.35. The van der Waals surface area contributed by atoms with Crippen LogP contribution in [0.4, 0.5) is 11.4 Å². The Morgan fingerprint density at radius 1 is 1.10 bits per heavy atom. The molecule has 30 heavy (non-hydrogen) atoms. The summed E-state index contributed by atoms with van der Waals surface area (Å²) in [6.45, 7) is 6.14. The van der Waals surface area contributed by atoms with Crippen molar-refractivity contribution < 1.29 is 17.9 Å². The molecule has 1 amide bonds. The smallest absolute Gasteiger partial charge is 0.255 e. The van der Waals surface area contributed by atoms with Gasteiger partial charge in [-0.15, -0.1) is 0 Å². The number of rotatable bonds is 8. The molecule has 0 aliphatic carbocycles. The van der Waals surface area contributed by atoms with Gasteiger partial charge in [-0.3, -0.25) is 4.79 Å². The van der Waals surface area contributed by atoms with Crippen molar-refractivity contribution in [2.45, 2.75) is 31.6 Å². The Hall–Kier alpha value is -2.58. The summed E-state index contributed by atoms with van der Waals surface area (Å²) in [7, 11) is -2.35. The molecular weight excluding hydrogens is 402 g/mol. The van der Waals surface area contributed by atoms with Gasteiger partial charge in [-0.25, -0.2) is 8.42 Å². The molecule has 1 aliphatic heterocycles. The second-order valence-corrected chi connectivity index (χ2v) is 9.03. The van der Waals surface area contributed by atoms with Gasteiger partial charge >= 0.3 is 0 Å². The molecule has 2 aromatic carbocycles. The maximum Gasteiger partial charge on any atom is 0.255 e. The van der Waals surface area contributed by atoms with E-state index in [9.17, 15) is 13.2 Å². The minimum absolute atomic E-state index is 0.00539. The first-order valence-electron chi connectivity index (χ1n) is 10.3. The third kappa shape index (κ3) is 4.44. The van der Waals surface area contributed by atoms with Gasteiger partial charge in [0.25, 0.3) is 5.91 Å². The lowest BCUT2D eigenvalue weighted by Crippen LogP contribution is -2.31. The average molecular weight is 432 g/mol. The average Bonchev–Trinajstić information content (AvgIpc) is 3.29. The molecule has 0 bridgehead atoms. The number of nitrogens with zero attached hydrogens (tertiary/aromatic N) is 2. The van der Waals surface area contributed by atoms with Crippen molar-refractivity contribution in [3.05, 3.63) is 48.0 Å². The van der Waals surface area contributed by atoms with Gasteiger partial charge in [0.05, 0.1) is 18.5 Å². The topological polar surface area (TPSA) is 79.0 Å². The molecular formula is C22H29N3O4S. The first-order valence-corrected chi connectivity index (χ1v) is 11.7. The first-order chi connectivity index (χ1) is 14.4. The molecule has 1 heterocycles. The molecule has 0 radical (unpaired) electrons. The molecule has 1 N–H and O–H groups in total. The predicted molar refractivity (Wildman–Crippen MR) is 119 cm³/mol. The molecule has 1 aliphatic rings. The van der Waals surface area contributed by atoms with E-state index in [4.69, 9.17) is 4.74 Å². The van der Waals surface area contributed by atoms with Crippen LogP contribution < -0.4 is 15.0 Å². The summed E-state index contributed by atoms with van der Waals surface area (Å²) in [5, 5.41) is 2.95. The van der Waals surface area contributed by atoms with Crippen LogP contribution in [0.2, 0.25) is 0 Å². The zero-order valence-corrected chi connectivity index (χ0v) is 18.5. The van der Waals surface area contributed by atoms with Gasteiger partial charge < -0.3 is 15.0 Å². The van der Waals surface area contributed by atoms with Gasteiger partial charge in [-0.05, 0) is 43.2 Å². The molecule has 7 nitrogen and oxygen atoms in total. The predicted octanol–water partition coefficient (Wildman–Crippen LogP) is 3.58. The number of para-hydroxylation sites is 2. The Balaban J connectivity index is 1.93. The highest BCUT2D eigenvalue weighted by atomic mass is 32.2. The molecule has 0 aromatic heterocycles. The van der Waals surface area contributed by atoms with Crippen LogP contribution in [-0.4, -0.2) is 51.9 Å². The summed E-state index contributed by atoms with van der Waals surface area (Å²) in [6, 6.07) is 12.2. The summed E-state index contributed by atoms with van der Waals surface area (Å²) in [5.74, 6) is -0.142. The monoisotopic (exact) mass is 431 g/mol. The fraction of sp³-hybridized carbons (Fsp3) is 0.409. The summed E-state index contributed by atoms with van der Waals surface area (Å²) in [6.07, 6.45) is 2.26. The minimum atomic E-state index is -3.77. The maximum atomic E-state index is 13.0. The fourth-order valence-corrected chi connectivity index (χ4v) is 5.37. The Morgan fingerprint density at radius 2 is 1.77 bits per heavy atom. The van der Waals surface area contributed by atoms with Crippen LogP contribution in [0.5, 0.6) is 5.75 Å². The molecule has 0 spiro atoms. The van der Waals surface area contributed by atoms with Crippen molar-refractivity contribution in [1.82, 2.24) is 4.31 Å². The van der Waals surface area contributed by atoms with Crippen LogP contribution in [0.1, 0.15) is 37.0 Å². The molecule has 8 heteroatoms. The number of carbonyl (C=O) groups excluding carboxylic acids is 1. The second kappa shape index (κ2) is 9.49. The van der Waals surface area contributed by atoms with Gasteiger partial charge in [0.2, 0.25) is 10.0 Å². The van der Waals surface area contributed by atoms with Gasteiger partial charge in [0, 0.05) is 31.7 Å². The van der Waals surface area contributed by atoms with E-state index < -0.39 is 10.0 Å². The standard InChI is InChI=1S/C22H29N3O4S/c1-4-25(5-2)30(27,28)21-16-17(12-13-20(21)29-3)22(26)23-18-10-6-7-11-19(18)24-14-8-9-15-24/h6-7,10-13,16H,4-5,8-9,14-15H2,1-3H3,(H,23,26). The highest BCUT2D eigenvalue weighted by Crippen LogP contribution is 2.31. The molecule has 162 valence electrons. The van der Waals surface area contributed by atoms with Crippen LogP contribution in [-0.2, 0) is 10.0 Å². The summed E-state index contributed by atoms with van der Waals surface area (Å²) in [4.78, 5) is 15.2. The molecule has 0 atom stereocenters. The molecule has 1 saturated heterocycles. The number of hydrogen-bond donors (Lipinski definition) is 1. The van der Waals surface area contributed by atoms with Gasteiger partial charge in [-0.1, -0.05) is 26.0 Å². The van der Waals surface area contributed by atoms with Crippen LogP contribution in [0.15, 0.2) is 47.4 Å². The lowest BCUT2D eigenvalue weighted by atomic mass is 10.2. The SMILES string of the molecule is CCN(CC)S(=O)(=O)c1cc(C(=O)Nc2ccccc2N2CCCC2)ccc1OC. The van der Waals surface area contributed by atoms with Crippen molar-refractivity contribution in [2.75, 3.05) is 43.5 Å². The van der Waals surface area contributed by atoms with Crippen molar-refractivity contribution in [3.8, 4) is 5.75 Å². The highest BCUT2D eigenvalue weighted by molar-refractivity contribution is 7.89. The molecule has 0 unspecified atom stereocenters. The van der Waals surface area contributed by atoms with Crippen molar-refractivity contribution in [3.63, 3.8) is 0 Å². The van der Waals surface area contributed by atoms with E-state index in [1.54, 1.807) is 19.9 Å². The van der Waals surface area contributed by atoms with E-state index in [0.717, 1.165) is 31.6 Å². The molecule has 3 rings (SSSR count). The normalized spacial score (nSPS) is 14.2. The van der Waals surface area contributed by atoms with Crippen molar-refractivity contribution >= 4 is 27.3 Å². The van der Waals surface area contributed by atoms with Crippen LogP contribution in [0.3, 0.4) is 0 Å².